The van der Waals surface area contributed by atoms with Crippen LogP contribution in [0.3, 0.4) is 0 Å². The number of hydrogen-bond donors (Lipinski definition) is 0. The number of hydrogen-bond acceptors (Lipinski definition) is 2. The molecule has 2 nitrogen and oxygen atoms in total. The van der Waals surface area contributed by atoms with Gasteiger partial charge in [-0.05, 0) is 19.1 Å². The van der Waals surface area contributed by atoms with E-state index in [2.05, 4.69) is 33.9 Å². The molecule has 0 aromatic carbocycles. The molecule has 0 aromatic heterocycles. The first-order valence-electron chi connectivity index (χ1n) is 5.96. The van der Waals surface area contributed by atoms with Crippen LogP contribution in [0.25, 0.3) is 0 Å². The molecule has 0 amide bonds. The van der Waals surface area contributed by atoms with E-state index < -0.39 is 8.32 Å². The second-order valence-corrected chi connectivity index (χ2v) is 10.1. The number of ether oxygens (including phenoxy) is 1. The van der Waals surface area contributed by atoms with Crippen LogP contribution in [0, 0.1) is 5.41 Å². The van der Waals surface area contributed by atoms with Crippen molar-refractivity contribution in [2.45, 2.75) is 52.8 Å². The molecule has 0 atom stereocenters. The largest absolute Gasteiger partial charge is 0.417 e. The van der Waals surface area contributed by atoms with E-state index in [4.69, 9.17) is 9.16 Å². The molecular weight excluding hydrogens is 204 g/mol. The van der Waals surface area contributed by atoms with Gasteiger partial charge in [0.2, 0.25) is 0 Å². The molecular formula is C12H28O2Si. The minimum atomic E-state index is -1.42. The van der Waals surface area contributed by atoms with E-state index >= 15 is 0 Å². The van der Waals surface area contributed by atoms with E-state index in [0.29, 0.717) is 0 Å². The van der Waals surface area contributed by atoms with Crippen molar-refractivity contribution in [1.82, 2.24) is 0 Å². The lowest BCUT2D eigenvalue weighted by atomic mass is 9.97. The van der Waals surface area contributed by atoms with Crippen LogP contribution in [0.4, 0.5) is 0 Å². The Balaban J connectivity index is 3.90. The first-order chi connectivity index (χ1) is 6.83. The molecule has 0 aliphatic rings. The molecule has 0 saturated heterocycles. The molecule has 0 unspecified atom stereocenters. The third kappa shape index (κ3) is 8.00. The maximum absolute atomic E-state index is 6.11. The summed E-state index contributed by atoms with van der Waals surface area (Å²) in [4.78, 5) is 0. The molecule has 0 rings (SSSR count). The molecule has 92 valence electrons. The molecule has 0 aliphatic carbocycles. The molecule has 0 N–H and O–H groups in total. The topological polar surface area (TPSA) is 18.5 Å². The van der Waals surface area contributed by atoms with Crippen LogP contribution in [0.15, 0.2) is 0 Å². The SMILES string of the molecule is CCCC[Si](C)(C)OCC(C)(C)COC. The third-order valence-electron chi connectivity index (χ3n) is 2.52. The van der Waals surface area contributed by atoms with E-state index in [0.717, 1.165) is 13.2 Å². The minimum absolute atomic E-state index is 0.144. The van der Waals surface area contributed by atoms with Crippen LogP contribution in [0.1, 0.15) is 33.6 Å². The van der Waals surface area contributed by atoms with E-state index in [9.17, 15) is 0 Å². The summed E-state index contributed by atoms with van der Waals surface area (Å²) in [5.74, 6) is 0. The van der Waals surface area contributed by atoms with Crippen molar-refractivity contribution in [1.29, 1.82) is 0 Å². The van der Waals surface area contributed by atoms with Gasteiger partial charge in [0, 0.05) is 19.1 Å². The predicted octanol–water partition coefficient (Wildman–Crippen LogP) is 3.68. The lowest BCUT2D eigenvalue weighted by molar-refractivity contribution is 0.0613. The zero-order chi connectivity index (χ0) is 11.9. The Morgan fingerprint density at radius 3 is 2.20 bits per heavy atom. The second kappa shape index (κ2) is 6.66. The Morgan fingerprint density at radius 2 is 1.73 bits per heavy atom. The van der Waals surface area contributed by atoms with Gasteiger partial charge in [0.25, 0.3) is 0 Å². The van der Waals surface area contributed by atoms with Crippen molar-refractivity contribution in [3.8, 4) is 0 Å². The average molecular weight is 232 g/mol. The van der Waals surface area contributed by atoms with Gasteiger partial charge < -0.3 is 9.16 Å². The maximum Gasteiger partial charge on any atom is 0.186 e. The Bertz CT molecular complexity index is 167. The van der Waals surface area contributed by atoms with E-state index in [-0.39, 0.29) is 5.41 Å². The van der Waals surface area contributed by atoms with E-state index in [1.165, 1.54) is 18.9 Å². The van der Waals surface area contributed by atoms with Crippen molar-refractivity contribution in [2.24, 2.45) is 5.41 Å². The zero-order valence-corrected chi connectivity index (χ0v) is 12.4. The van der Waals surface area contributed by atoms with Crippen LogP contribution in [-0.4, -0.2) is 28.6 Å². The predicted molar refractivity (Wildman–Crippen MR) is 68.8 cm³/mol. The second-order valence-electron chi connectivity index (χ2n) is 5.75. The monoisotopic (exact) mass is 232 g/mol. The van der Waals surface area contributed by atoms with Gasteiger partial charge in [0.1, 0.15) is 0 Å². The highest BCUT2D eigenvalue weighted by molar-refractivity contribution is 6.71. The van der Waals surface area contributed by atoms with Crippen LogP contribution in [-0.2, 0) is 9.16 Å². The molecule has 0 saturated carbocycles. The quantitative estimate of drug-likeness (QED) is 0.594. The van der Waals surface area contributed by atoms with E-state index in [1.807, 2.05) is 0 Å². The van der Waals surface area contributed by atoms with Crippen LogP contribution in [0.2, 0.25) is 19.1 Å². The summed E-state index contributed by atoms with van der Waals surface area (Å²) >= 11 is 0. The summed E-state index contributed by atoms with van der Waals surface area (Å²) < 4.78 is 11.3. The Morgan fingerprint density at radius 1 is 1.13 bits per heavy atom. The van der Waals surface area contributed by atoms with Gasteiger partial charge in [-0.3, -0.25) is 0 Å². The molecule has 3 heteroatoms. The molecule has 15 heavy (non-hydrogen) atoms. The minimum Gasteiger partial charge on any atom is -0.417 e. The third-order valence-corrected chi connectivity index (χ3v) is 5.00. The smallest absolute Gasteiger partial charge is 0.186 e. The Labute approximate surface area is 96.5 Å². The fraction of sp³-hybridized carbons (Fsp3) is 1.00. The van der Waals surface area contributed by atoms with Crippen molar-refractivity contribution in [3.63, 3.8) is 0 Å². The van der Waals surface area contributed by atoms with Gasteiger partial charge in [-0.15, -0.1) is 0 Å². The lowest BCUT2D eigenvalue weighted by Crippen LogP contribution is -2.36. The Kier molecular flexibility index (Phi) is 6.72. The molecule has 0 radical (unpaired) electrons. The van der Waals surface area contributed by atoms with Gasteiger partial charge >= 0.3 is 0 Å². The lowest BCUT2D eigenvalue weighted by Gasteiger charge is -2.30. The number of unbranched alkanes of at least 4 members (excludes halogenated alkanes) is 1. The molecule has 0 spiro atoms. The van der Waals surface area contributed by atoms with Crippen LogP contribution < -0.4 is 0 Å². The molecule has 0 aromatic rings. The first kappa shape index (κ1) is 15.1. The number of rotatable bonds is 8. The van der Waals surface area contributed by atoms with Crippen molar-refractivity contribution >= 4 is 8.32 Å². The van der Waals surface area contributed by atoms with Gasteiger partial charge in [0.05, 0.1) is 6.61 Å². The maximum atomic E-state index is 6.11. The fourth-order valence-electron chi connectivity index (χ4n) is 1.50. The normalized spacial score (nSPS) is 13.2. The standard InChI is InChI=1S/C12H28O2Si/c1-7-8-9-15(5,6)14-11-12(2,3)10-13-4/h7-11H2,1-6H3. The highest BCUT2D eigenvalue weighted by Crippen LogP contribution is 2.21. The van der Waals surface area contributed by atoms with E-state index in [1.54, 1.807) is 7.11 Å². The summed E-state index contributed by atoms with van der Waals surface area (Å²) in [5, 5.41) is 0. The number of methoxy groups -OCH3 is 1. The first-order valence-corrected chi connectivity index (χ1v) is 9.07. The Hall–Kier alpha value is 0.137. The summed E-state index contributed by atoms with van der Waals surface area (Å²) in [6.07, 6.45) is 2.56. The average Bonchev–Trinajstić information content (AvgIpc) is 2.12. The van der Waals surface area contributed by atoms with Crippen molar-refractivity contribution < 1.29 is 9.16 Å². The highest BCUT2D eigenvalue weighted by Gasteiger charge is 2.26. The molecule has 0 aliphatic heterocycles. The van der Waals surface area contributed by atoms with Crippen molar-refractivity contribution in [3.05, 3.63) is 0 Å². The summed E-state index contributed by atoms with van der Waals surface area (Å²) in [6.45, 7) is 12.8. The van der Waals surface area contributed by atoms with Crippen LogP contribution >= 0.6 is 0 Å². The zero-order valence-electron chi connectivity index (χ0n) is 11.4. The molecule has 0 fully saturated rings. The van der Waals surface area contributed by atoms with Gasteiger partial charge in [-0.2, -0.15) is 0 Å². The van der Waals surface area contributed by atoms with Gasteiger partial charge in [-0.1, -0.05) is 33.6 Å². The summed E-state index contributed by atoms with van der Waals surface area (Å²) in [7, 11) is 0.333. The van der Waals surface area contributed by atoms with Crippen molar-refractivity contribution in [2.75, 3.05) is 20.3 Å². The fourth-order valence-corrected chi connectivity index (χ4v) is 3.63. The highest BCUT2D eigenvalue weighted by atomic mass is 28.4. The summed E-state index contributed by atoms with van der Waals surface area (Å²) in [6, 6.07) is 1.27. The van der Waals surface area contributed by atoms with Gasteiger partial charge in [-0.25, -0.2) is 0 Å². The molecule has 0 heterocycles. The van der Waals surface area contributed by atoms with Gasteiger partial charge in [0.15, 0.2) is 8.32 Å². The molecule has 0 bridgehead atoms. The summed E-state index contributed by atoms with van der Waals surface area (Å²) in [5.41, 5.74) is 0.144. The van der Waals surface area contributed by atoms with Crippen LogP contribution in [0.5, 0.6) is 0 Å².